The number of aliphatic hydroxyl groups excluding tert-OH is 1. The third-order valence-corrected chi connectivity index (χ3v) is 6.84. The molecule has 2 aliphatic rings. The molecule has 0 unspecified atom stereocenters. The molecule has 0 aromatic heterocycles. The molecule has 0 aliphatic carbocycles. The molecule has 10 heteroatoms. The Bertz CT molecular complexity index is 829. The van der Waals surface area contributed by atoms with Gasteiger partial charge in [-0.3, -0.25) is 14.5 Å². The Kier molecular flexibility index (Phi) is 6.86. The van der Waals surface area contributed by atoms with Crippen molar-refractivity contribution >= 4 is 58.0 Å². The van der Waals surface area contributed by atoms with Gasteiger partial charge in [0.1, 0.15) is 10.9 Å². The maximum Gasteiger partial charge on any atom is 0.266 e. The van der Waals surface area contributed by atoms with Gasteiger partial charge in [0.25, 0.3) is 5.91 Å². The lowest BCUT2D eigenvalue weighted by atomic mass is 10.1. The van der Waals surface area contributed by atoms with Gasteiger partial charge in [0.2, 0.25) is 5.91 Å². The number of hydrogen-bond acceptors (Lipinski definition) is 8. The molecule has 2 N–H and O–H groups in total. The van der Waals surface area contributed by atoms with Crippen LogP contribution in [0.1, 0.15) is 5.56 Å². The minimum Gasteiger partial charge on any atom is -0.493 e. The Hall–Kier alpha value is -1.75. The Balaban J connectivity index is 1.73. The molecular weight excluding hydrogens is 420 g/mol. The third-order valence-electron chi connectivity index (χ3n) is 4.29. The molecule has 2 aliphatic heterocycles. The van der Waals surface area contributed by atoms with Crippen LogP contribution in [0.5, 0.6) is 11.5 Å². The number of para-hydroxylation sites is 1. The van der Waals surface area contributed by atoms with Crippen LogP contribution in [-0.4, -0.2) is 70.6 Å². The SMILES string of the molecule is COc1cccc(/C=C2\SC(=S)N(CC(=O)N[C@@H]3CSC[C@@H]3O)C2=O)c1OC. The van der Waals surface area contributed by atoms with E-state index in [4.69, 9.17) is 21.7 Å². The van der Waals surface area contributed by atoms with E-state index in [1.54, 1.807) is 43.1 Å². The van der Waals surface area contributed by atoms with E-state index < -0.39 is 6.10 Å². The maximum absolute atomic E-state index is 12.8. The zero-order chi connectivity index (χ0) is 20.3. The molecule has 2 fully saturated rings. The predicted molar refractivity (Wildman–Crippen MR) is 115 cm³/mol. The summed E-state index contributed by atoms with van der Waals surface area (Å²) in [6.07, 6.45) is 1.11. The van der Waals surface area contributed by atoms with Crippen molar-refractivity contribution in [2.24, 2.45) is 0 Å². The van der Waals surface area contributed by atoms with Gasteiger partial charge in [-0.2, -0.15) is 11.8 Å². The van der Waals surface area contributed by atoms with E-state index in [0.29, 0.717) is 37.8 Å². The lowest BCUT2D eigenvalue weighted by Gasteiger charge is -2.18. The fourth-order valence-corrected chi connectivity index (χ4v) is 5.30. The van der Waals surface area contributed by atoms with Crippen molar-refractivity contribution in [3.8, 4) is 11.5 Å². The van der Waals surface area contributed by atoms with Crippen molar-refractivity contribution in [3.05, 3.63) is 28.7 Å². The Morgan fingerprint density at radius 2 is 2.18 bits per heavy atom. The summed E-state index contributed by atoms with van der Waals surface area (Å²) >= 11 is 7.99. The summed E-state index contributed by atoms with van der Waals surface area (Å²) in [6.45, 7) is -0.175. The number of rotatable bonds is 6. The third kappa shape index (κ3) is 4.45. The summed E-state index contributed by atoms with van der Waals surface area (Å²) in [7, 11) is 3.07. The predicted octanol–water partition coefficient (Wildman–Crippen LogP) is 1.50. The van der Waals surface area contributed by atoms with Gasteiger partial charge in [0, 0.05) is 17.1 Å². The number of thiocarbonyl (C=S) groups is 1. The van der Waals surface area contributed by atoms with Crippen molar-refractivity contribution in [1.82, 2.24) is 10.2 Å². The standard InChI is InChI=1S/C18H20N2O5S3/c1-24-13-5-3-4-10(16(13)25-2)6-14-17(23)20(18(26)28-14)7-15(22)19-11-8-27-9-12(11)21/h3-6,11-12,21H,7-9H2,1-2H3,(H,19,22)/b14-6-/t11-,12+/m1/s1. The van der Waals surface area contributed by atoms with E-state index in [2.05, 4.69) is 5.32 Å². The molecule has 1 aromatic carbocycles. The van der Waals surface area contributed by atoms with E-state index >= 15 is 0 Å². The zero-order valence-electron chi connectivity index (χ0n) is 15.3. The minimum atomic E-state index is -0.569. The number of aliphatic hydroxyl groups is 1. The van der Waals surface area contributed by atoms with Crippen molar-refractivity contribution in [1.29, 1.82) is 0 Å². The van der Waals surface area contributed by atoms with Crippen LogP contribution < -0.4 is 14.8 Å². The molecule has 0 saturated carbocycles. The molecule has 0 spiro atoms. The first-order valence-corrected chi connectivity index (χ1v) is 10.8. The van der Waals surface area contributed by atoms with Crippen molar-refractivity contribution in [3.63, 3.8) is 0 Å². The normalized spacial score (nSPS) is 23.4. The van der Waals surface area contributed by atoms with Crippen LogP contribution in [0.4, 0.5) is 0 Å². The fourth-order valence-electron chi connectivity index (χ4n) is 2.88. The molecule has 28 heavy (non-hydrogen) atoms. The Morgan fingerprint density at radius 3 is 2.82 bits per heavy atom. The minimum absolute atomic E-state index is 0.175. The Morgan fingerprint density at radius 1 is 1.39 bits per heavy atom. The van der Waals surface area contributed by atoms with Crippen LogP contribution in [0.2, 0.25) is 0 Å². The van der Waals surface area contributed by atoms with Gasteiger partial charge in [-0.15, -0.1) is 0 Å². The van der Waals surface area contributed by atoms with Gasteiger partial charge < -0.3 is 19.9 Å². The Labute approximate surface area is 176 Å². The number of benzene rings is 1. The number of nitrogens with zero attached hydrogens (tertiary/aromatic N) is 1. The molecule has 7 nitrogen and oxygen atoms in total. The second kappa shape index (κ2) is 9.17. The molecule has 1 aromatic rings. The zero-order valence-corrected chi connectivity index (χ0v) is 17.8. The summed E-state index contributed by atoms with van der Waals surface area (Å²) in [5.41, 5.74) is 0.679. The summed E-state index contributed by atoms with van der Waals surface area (Å²) in [4.78, 5) is 26.7. The highest BCUT2D eigenvalue weighted by Crippen LogP contribution is 2.37. The molecule has 2 atom stereocenters. The average Bonchev–Trinajstić information content (AvgIpc) is 3.19. The number of ether oxygens (including phenoxy) is 2. The van der Waals surface area contributed by atoms with Crippen LogP contribution in [0.3, 0.4) is 0 Å². The van der Waals surface area contributed by atoms with Crippen LogP contribution >= 0.6 is 35.7 Å². The van der Waals surface area contributed by atoms with Crippen molar-refractivity contribution in [2.75, 3.05) is 32.3 Å². The molecule has 0 bridgehead atoms. The number of thioether (sulfide) groups is 2. The first-order chi connectivity index (χ1) is 13.4. The molecule has 150 valence electrons. The maximum atomic E-state index is 12.8. The van der Waals surface area contributed by atoms with Gasteiger partial charge in [0.15, 0.2) is 11.5 Å². The monoisotopic (exact) mass is 440 g/mol. The van der Waals surface area contributed by atoms with Crippen LogP contribution in [0, 0.1) is 0 Å². The molecule has 2 amide bonds. The van der Waals surface area contributed by atoms with Crippen molar-refractivity contribution < 1.29 is 24.2 Å². The van der Waals surface area contributed by atoms with E-state index in [-0.39, 0.29) is 24.4 Å². The molecular formula is C18H20N2O5S3. The van der Waals surface area contributed by atoms with E-state index in [9.17, 15) is 14.7 Å². The molecule has 0 radical (unpaired) electrons. The lowest BCUT2D eigenvalue weighted by Crippen LogP contribution is -2.47. The fraction of sp³-hybridized carbons (Fsp3) is 0.389. The van der Waals surface area contributed by atoms with E-state index in [0.717, 1.165) is 11.8 Å². The summed E-state index contributed by atoms with van der Waals surface area (Å²) in [5.74, 6) is 1.64. The van der Waals surface area contributed by atoms with Crippen LogP contribution in [0.25, 0.3) is 6.08 Å². The molecule has 2 heterocycles. The second-order valence-electron chi connectivity index (χ2n) is 6.13. The first-order valence-electron chi connectivity index (χ1n) is 8.46. The molecule has 3 rings (SSSR count). The highest BCUT2D eigenvalue weighted by Gasteiger charge is 2.35. The van der Waals surface area contributed by atoms with Gasteiger partial charge in [-0.1, -0.05) is 36.1 Å². The summed E-state index contributed by atoms with van der Waals surface area (Å²) < 4.78 is 11.0. The lowest BCUT2D eigenvalue weighted by molar-refractivity contribution is -0.129. The van der Waals surface area contributed by atoms with Crippen molar-refractivity contribution in [2.45, 2.75) is 12.1 Å². The van der Waals surface area contributed by atoms with Gasteiger partial charge in [0.05, 0.1) is 31.3 Å². The van der Waals surface area contributed by atoms with Gasteiger partial charge in [-0.05, 0) is 12.1 Å². The van der Waals surface area contributed by atoms with Gasteiger partial charge in [-0.25, -0.2) is 0 Å². The number of methoxy groups -OCH3 is 2. The van der Waals surface area contributed by atoms with E-state index in [1.807, 2.05) is 0 Å². The number of hydrogen-bond donors (Lipinski definition) is 2. The number of carbonyl (C=O) groups is 2. The highest BCUT2D eigenvalue weighted by atomic mass is 32.2. The summed E-state index contributed by atoms with van der Waals surface area (Å²) in [5, 5.41) is 12.6. The highest BCUT2D eigenvalue weighted by molar-refractivity contribution is 8.26. The number of carbonyl (C=O) groups excluding carboxylic acids is 2. The average molecular weight is 441 g/mol. The van der Waals surface area contributed by atoms with Crippen LogP contribution in [0.15, 0.2) is 23.1 Å². The smallest absolute Gasteiger partial charge is 0.266 e. The van der Waals surface area contributed by atoms with Gasteiger partial charge >= 0.3 is 0 Å². The van der Waals surface area contributed by atoms with E-state index in [1.165, 1.54) is 12.0 Å². The number of amides is 2. The second-order valence-corrected chi connectivity index (χ2v) is 8.88. The largest absolute Gasteiger partial charge is 0.493 e. The topological polar surface area (TPSA) is 88.1 Å². The molecule has 2 saturated heterocycles. The number of nitrogens with one attached hydrogen (secondary N) is 1. The van der Waals surface area contributed by atoms with Crippen LogP contribution in [-0.2, 0) is 9.59 Å². The summed E-state index contributed by atoms with van der Waals surface area (Å²) in [6, 6.07) is 5.07. The first kappa shape index (κ1) is 21.0. The quantitative estimate of drug-likeness (QED) is 0.508.